The molecule has 6 heteroatoms. The van der Waals surface area contributed by atoms with Crippen molar-refractivity contribution in [3.63, 3.8) is 0 Å². The topological polar surface area (TPSA) is 62.3 Å². The second-order valence-electron chi connectivity index (χ2n) is 4.58. The minimum atomic E-state index is -1.62. The molecule has 0 amide bonds. The van der Waals surface area contributed by atoms with Crippen molar-refractivity contribution < 1.29 is 13.9 Å². The van der Waals surface area contributed by atoms with E-state index in [9.17, 15) is 0 Å². The highest BCUT2D eigenvalue weighted by Gasteiger charge is 2.38. The average molecular weight is 273 g/mol. The maximum Gasteiger partial charge on any atom is 0.179 e. The molecule has 2 N–H and O–H groups in total. The van der Waals surface area contributed by atoms with Gasteiger partial charge in [0.15, 0.2) is 11.4 Å². The van der Waals surface area contributed by atoms with Crippen LogP contribution in [-0.2, 0) is 17.0 Å². The predicted molar refractivity (Wildman–Crippen MR) is 72.0 cm³/mol. The Bertz CT molecular complexity index is 384. The summed E-state index contributed by atoms with van der Waals surface area (Å²) in [5.74, 6) is 0.463. The first kappa shape index (κ1) is 15.9. The molecule has 0 aliphatic heterocycles. The zero-order valence-corrected chi connectivity index (χ0v) is 12.0. The molecule has 0 fully saturated rings. The number of alkyl halides is 1. The van der Waals surface area contributed by atoms with E-state index in [1.807, 2.05) is 6.92 Å². The van der Waals surface area contributed by atoms with Gasteiger partial charge < -0.3 is 15.2 Å². The second-order valence-corrected chi connectivity index (χ2v) is 4.58. The number of halogens is 1. The number of nitrogens with two attached hydrogens (primary N) is 1. The standard InChI is InChI=1S/C13H24FN3O2/c1-4-8-17-12(11(19-3)9-16-17)13(14,10-18-2)6-5-7-15/h9H,4-8,10,15H2,1-3H3. The number of methoxy groups -OCH3 is 2. The molecular formula is C13H24FN3O2. The van der Waals surface area contributed by atoms with Gasteiger partial charge in [0, 0.05) is 13.7 Å². The third kappa shape index (κ3) is 3.67. The second kappa shape index (κ2) is 7.45. The molecule has 110 valence electrons. The van der Waals surface area contributed by atoms with Crippen LogP contribution in [0, 0.1) is 0 Å². The fourth-order valence-corrected chi connectivity index (χ4v) is 2.22. The van der Waals surface area contributed by atoms with E-state index in [4.69, 9.17) is 15.2 Å². The van der Waals surface area contributed by atoms with E-state index >= 15 is 4.39 Å². The van der Waals surface area contributed by atoms with Crippen LogP contribution in [0.5, 0.6) is 5.75 Å². The van der Waals surface area contributed by atoms with Gasteiger partial charge in [0.25, 0.3) is 0 Å². The van der Waals surface area contributed by atoms with Crippen molar-refractivity contribution in [3.8, 4) is 5.75 Å². The summed E-state index contributed by atoms with van der Waals surface area (Å²) in [6.45, 7) is 3.09. The molecule has 5 nitrogen and oxygen atoms in total. The summed E-state index contributed by atoms with van der Waals surface area (Å²) < 4.78 is 27.2. The van der Waals surface area contributed by atoms with Gasteiger partial charge in [-0.2, -0.15) is 5.10 Å². The first-order chi connectivity index (χ1) is 9.12. The van der Waals surface area contributed by atoms with E-state index in [0.29, 0.717) is 37.4 Å². The van der Waals surface area contributed by atoms with Crippen molar-refractivity contribution in [3.05, 3.63) is 11.9 Å². The number of hydrogen-bond donors (Lipinski definition) is 1. The van der Waals surface area contributed by atoms with E-state index in [-0.39, 0.29) is 6.61 Å². The van der Waals surface area contributed by atoms with Crippen LogP contribution in [0.1, 0.15) is 31.9 Å². The normalized spacial score (nSPS) is 14.4. The minimum Gasteiger partial charge on any atom is -0.493 e. The number of rotatable bonds is 9. The van der Waals surface area contributed by atoms with Crippen LogP contribution < -0.4 is 10.5 Å². The lowest BCUT2D eigenvalue weighted by atomic mass is 9.95. The van der Waals surface area contributed by atoms with Crippen LogP contribution in [0.4, 0.5) is 4.39 Å². The van der Waals surface area contributed by atoms with E-state index in [1.54, 1.807) is 10.9 Å². The zero-order chi connectivity index (χ0) is 14.3. The van der Waals surface area contributed by atoms with Crippen LogP contribution >= 0.6 is 0 Å². The quantitative estimate of drug-likeness (QED) is 0.746. The molecule has 1 heterocycles. The summed E-state index contributed by atoms with van der Waals surface area (Å²) in [4.78, 5) is 0. The number of aromatic nitrogens is 2. The van der Waals surface area contributed by atoms with E-state index in [1.165, 1.54) is 14.2 Å². The maximum absolute atomic E-state index is 15.3. The van der Waals surface area contributed by atoms with Crippen molar-refractivity contribution in [2.45, 2.75) is 38.4 Å². The third-order valence-electron chi connectivity index (χ3n) is 3.04. The summed E-state index contributed by atoms with van der Waals surface area (Å²) in [5, 5.41) is 4.20. The highest BCUT2D eigenvalue weighted by Crippen LogP contribution is 2.37. The van der Waals surface area contributed by atoms with Crippen molar-refractivity contribution in [1.82, 2.24) is 9.78 Å². The predicted octanol–water partition coefficient (Wildman–Crippen LogP) is 1.85. The average Bonchev–Trinajstić information content (AvgIpc) is 2.81. The Kier molecular flexibility index (Phi) is 6.24. The van der Waals surface area contributed by atoms with Crippen molar-refractivity contribution in [1.29, 1.82) is 0 Å². The molecule has 0 spiro atoms. The molecular weight excluding hydrogens is 249 g/mol. The molecule has 19 heavy (non-hydrogen) atoms. The van der Waals surface area contributed by atoms with E-state index in [2.05, 4.69) is 5.10 Å². The van der Waals surface area contributed by atoms with Crippen LogP contribution in [0.3, 0.4) is 0 Å². The minimum absolute atomic E-state index is 0.0290. The van der Waals surface area contributed by atoms with Crippen LogP contribution in [0.2, 0.25) is 0 Å². The van der Waals surface area contributed by atoms with Crippen LogP contribution in [0.15, 0.2) is 6.20 Å². The van der Waals surface area contributed by atoms with Gasteiger partial charge in [0.2, 0.25) is 0 Å². The summed E-state index contributed by atoms with van der Waals surface area (Å²) in [7, 11) is 3.01. The van der Waals surface area contributed by atoms with Crippen LogP contribution in [-0.4, -0.2) is 37.2 Å². The van der Waals surface area contributed by atoms with Gasteiger partial charge in [-0.1, -0.05) is 6.92 Å². The van der Waals surface area contributed by atoms with Gasteiger partial charge >= 0.3 is 0 Å². The monoisotopic (exact) mass is 273 g/mol. The Morgan fingerprint density at radius 3 is 2.74 bits per heavy atom. The Balaban J connectivity index is 3.14. The molecule has 1 atom stereocenters. The van der Waals surface area contributed by atoms with Gasteiger partial charge in [-0.15, -0.1) is 0 Å². The molecule has 0 saturated carbocycles. The van der Waals surface area contributed by atoms with Crippen molar-refractivity contribution in [2.24, 2.45) is 5.73 Å². The fraction of sp³-hybridized carbons (Fsp3) is 0.769. The number of nitrogens with zero attached hydrogens (tertiary/aromatic N) is 2. The van der Waals surface area contributed by atoms with Gasteiger partial charge in [-0.25, -0.2) is 4.39 Å². The maximum atomic E-state index is 15.3. The molecule has 0 radical (unpaired) electrons. The molecule has 1 aromatic rings. The molecule has 0 aromatic carbocycles. The molecule has 1 rings (SSSR count). The van der Waals surface area contributed by atoms with Gasteiger partial charge in [-0.05, 0) is 25.8 Å². The van der Waals surface area contributed by atoms with E-state index < -0.39 is 5.67 Å². The number of ether oxygens (including phenoxy) is 2. The lowest BCUT2D eigenvalue weighted by Gasteiger charge is -2.26. The molecule has 1 unspecified atom stereocenters. The van der Waals surface area contributed by atoms with Gasteiger partial charge in [-0.3, -0.25) is 4.68 Å². The smallest absolute Gasteiger partial charge is 0.179 e. The Hall–Kier alpha value is -1.14. The molecule has 0 bridgehead atoms. The molecule has 0 saturated heterocycles. The Morgan fingerprint density at radius 1 is 1.47 bits per heavy atom. The largest absolute Gasteiger partial charge is 0.493 e. The summed E-state index contributed by atoms with van der Waals surface area (Å²) in [6, 6.07) is 0. The lowest BCUT2D eigenvalue weighted by molar-refractivity contribution is 0.0217. The first-order valence-electron chi connectivity index (χ1n) is 6.61. The third-order valence-corrected chi connectivity index (χ3v) is 3.04. The van der Waals surface area contributed by atoms with Gasteiger partial charge in [0.05, 0.1) is 19.9 Å². The summed E-state index contributed by atoms with van der Waals surface area (Å²) in [6.07, 6.45) is 3.30. The Morgan fingerprint density at radius 2 is 2.21 bits per heavy atom. The summed E-state index contributed by atoms with van der Waals surface area (Å²) >= 11 is 0. The first-order valence-corrected chi connectivity index (χ1v) is 6.61. The summed E-state index contributed by atoms with van der Waals surface area (Å²) in [5.41, 5.74) is 4.32. The fourth-order valence-electron chi connectivity index (χ4n) is 2.22. The highest BCUT2D eigenvalue weighted by atomic mass is 19.1. The molecule has 0 aliphatic carbocycles. The number of aryl methyl sites for hydroxylation is 1. The van der Waals surface area contributed by atoms with Crippen LogP contribution in [0.25, 0.3) is 0 Å². The molecule has 1 aromatic heterocycles. The van der Waals surface area contributed by atoms with Crippen molar-refractivity contribution in [2.75, 3.05) is 27.4 Å². The number of hydrogen-bond acceptors (Lipinski definition) is 4. The van der Waals surface area contributed by atoms with Crippen molar-refractivity contribution >= 4 is 0 Å². The zero-order valence-electron chi connectivity index (χ0n) is 12.0. The lowest BCUT2D eigenvalue weighted by Crippen LogP contribution is -2.31. The molecule has 0 aliphatic rings. The Labute approximate surface area is 113 Å². The SMILES string of the molecule is CCCn1ncc(OC)c1C(F)(CCCN)COC. The highest BCUT2D eigenvalue weighted by molar-refractivity contribution is 5.31. The van der Waals surface area contributed by atoms with E-state index in [0.717, 1.165) is 6.42 Å². The van der Waals surface area contributed by atoms with Gasteiger partial charge in [0.1, 0.15) is 5.69 Å².